The van der Waals surface area contributed by atoms with Crippen molar-refractivity contribution in [2.75, 3.05) is 24.2 Å². The third-order valence-electron chi connectivity index (χ3n) is 6.28. The first-order valence-corrected chi connectivity index (χ1v) is 15.2. The van der Waals surface area contributed by atoms with Gasteiger partial charge in [0.1, 0.15) is 11.8 Å². The summed E-state index contributed by atoms with van der Waals surface area (Å²) >= 11 is 12.8. The van der Waals surface area contributed by atoms with E-state index in [0.717, 1.165) is 12.7 Å². The van der Waals surface area contributed by atoms with Crippen molar-refractivity contribution >= 4 is 50.7 Å². The molecule has 0 radical (unpaired) electrons. The highest BCUT2D eigenvalue weighted by atomic mass is 35.5. The Hall–Kier alpha value is -2.49. The molecular weight excluding hydrogens is 549 g/mol. The van der Waals surface area contributed by atoms with Crippen molar-refractivity contribution in [3.8, 4) is 5.75 Å². The average Bonchev–Trinajstić information content (AvgIpc) is 2.87. The van der Waals surface area contributed by atoms with Gasteiger partial charge in [-0.15, -0.1) is 0 Å². The summed E-state index contributed by atoms with van der Waals surface area (Å²) < 4.78 is 31.7. The Morgan fingerprint density at radius 3 is 2.21 bits per heavy atom. The molecule has 1 N–H and O–H groups in total. The molecule has 2 aromatic rings. The number of hydrogen-bond donors (Lipinski definition) is 1. The maximum atomic E-state index is 13.6. The summed E-state index contributed by atoms with van der Waals surface area (Å²) in [5, 5.41) is 3.75. The van der Waals surface area contributed by atoms with E-state index in [1.807, 2.05) is 20.8 Å². The van der Waals surface area contributed by atoms with E-state index in [4.69, 9.17) is 27.9 Å². The number of sulfonamides is 1. The summed E-state index contributed by atoms with van der Waals surface area (Å²) in [5.41, 5.74) is 0.940. The van der Waals surface area contributed by atoms with Gasteiger partial charge in [0.05, 0.1) is 19.1 Å². The summed E-state index contributed by atoms with van der Waals surface area (Å²) in [6, 6.07) is 11.1. The van der Waals surface area contributed by atoms with Gasteiger partial charge in [0.15, 0.2) is 0 Å². The molecule has 2 rings (SSSR count). The van der Waals surface area contributed by atoms with E-state index in [-0.39, 0.29) is 43.8 Å². The van der Waals surface area contributed by atoms with Gasteiger partial charge in [-0.05, 0) is 50.5 Å². The average molecular weight is 587 g/mol. The first-order valence-electron chi connectivity index (χ1n) is 12.6. The molecule has 0 aliphatic rings. The van der Waals surface area contributed by atoms with Gasteiger partial charge in [-0.25, -0.2) is 8.42 Å². The van der Waals surface area contributed by atoms with Crippen LogP contribution < -0.4 is 14.4 Å². The highest BCUT2D eigenvalue weighted by Gasteiger charge is 2.30. The Balaban J connectivity index is 2.31. The molecule has 0 fully saturated rings. The third kappa shape index (κ3) is 8.51. The van der Waals surface area contributed by atoms with Crippen molar-refractivity contribution in [1.29, 1.82) is 0 Å². The van der Waals surface area contributed by atoms with E-state index in [0.29, 0.717) is 33.5 Å². The van der Waals surface area contributed by atoms with Crippen LogP contribution in [0.2, 0.25) is 10.0 Å². The monoisotopic (exact) mass is 585 g/mol. The number of nitrogens with one attached hydrogen (secondary N) is 1. The van der Waals surface area contributed by atoms with E-state index in [1.54, 1.807) is 42.5 Å². The number of rotatable bonds is 14. The number of ether oxygens (including phenoxy) is 1. The van der Waals surface area contributed by atoms with Crippen LogP contribution in [0.25, 0.3) is 0 Å². The van der Waals surface area contributed by atoms with Crippen molar-refractivity contribution in [2.24, 2.45) is 0 Å². The smallest absolute Gasteiger partial charge is 0.243 e. The van der Waals surface area contributed by atoms with Crippen LogP contribution in [0.3, 0.4) is 0 Å². The van der Waals surface area contributed by atoms with Crippen LogP contribution in [0.15, 0.2) is 42.5 Å². The van der Waals surface area contributed by atoms with Crippen LogP contribution in [-0.4, -0.2) is 57.1 Å². The standard InChI is InChI=1S/C27H37Cl2N3O5S/c1-6-19(3)30-27(34)23(7-2)31(18-20-21(28)12-10-13-22(20)29)26(33)16-11-17-32(38(5,35)36)24-14-8-9-15-25(24)37-4/h8-10,12-15,19,23H,6-7,11,16-18H2,1-5H3,(H,30,34)/t19-,23-/m1/s1. The van der Waals surface area contributed by atoms with E-state index < -0.39 is 16.1 Å². The lowest BCUT2D eigenvalue weighted by Gasteiger charge is -2.32. The SMILES string of the molecule is CC[C@@H](C)NC(=O)[C@@H](CC)N(Cc1c(Cl)cccc1Cl)C(=O)CCCN(c1ccccc1OC)S(C)(=O)=O. The Labute approximate surface area is 236 Å². The Kier molecular flexibility index (Phi) is 12.2. The number of carbonyl (C=O) groups is 2. The molecule has 0 aliphatic carbocycles. The molecule has 8 nitrogen and oxygen atoms in total. The van der Waals surface area contributed by atoms with Gasteiger partial charge in [-0.1, -0.05) is 55.2 Å². The molecule has 0 saturated carbocycles. The largest absolute Gasteiger partial charge is 0.495 e. The molecule has 210 valence electrons. The quantitative estimate of drug-likeness (QED) is 0.326. The molecule has 2 amide bonds. The molecule has 0 unspecified atom stereocenters. The van der Waals surface area contributed by atoms with Gasteiger partial charge in [-0.3, -0.25) is 13.9 Å². The second-order valence-electron chi connectivity index (χ2n) is 9.07. The Morgan fingerprint density at radius 1 is 1.03 bits per heavy atom. The number of benzene rings is 2. The van der Waals surface area contributed by atoms with Crippen molar-refractivity contribution in [2.45, 2.75) is 65.1 Å². The summed E-state index contributed by atoms with van der Waals surface area (Å²) in [6.07, 6.45) is 2.47. The van der Waals surface area contributed by atoms with Crippen LogP contribution in [0.1, 0.15) is 52.0 Å². The zero-order valence-electron chi connectivity index (χ0n) is 22.5. The number of hydrogen-bond acceptors (Lipinski definition) is 5. The molecular formula is C27H37Cl2N3O5S. The second-order valence-corrected chi connectivity index (χ2v) is 11.8. The van der Waals surface area contributed by atoms with E-state index in [2.05, 4.69) is 5.32 Å². The molecule has 0 spiro atoms. The number of para-hydroxylation sites is 2. The minimum absolute atomic E-state index is 0.0103. The zero-order valence-corrected chi connectivity index (χ0v) is 24.9. The summed E-state index contributed by atoms with van der Waals surface area (Å²) in [7, 11) is -2.18. The minimum atomic E-state index is -3.65. The second kappa shape index (κ2) is 14.6. The lowest BCUT2D eigenvalue weighted by Crippen LogP contribution is -2.50. The normalized spacial score (nSPS) is 12.9. The third-order valence-corrected chi connectivity index (χ3v) is 8.17. The molecule has 2 atom stereocenters. The van der Waals surface area contributed by atoms with Crippen LogP contribution in [0, 0.1) is 0 Å². The van der Waals surface area contributed by atoms with Crippen LogP contribution in [0.5, 0.6) is 5.75 Å². The van der Waals surface area contributed by atoms with Crippen molar-refractivity contribution in [3.05, 3.63) is 58.1 Å². The predicted octanol–water partition coefficient (Wildman–Crippen LogP) is 5.27. The molecule has 0 bridgehead atoms. The van der Waals surface area contributed by atoms with Crippen LogP contribution in [0.4, 0.5) is 5.69 Å². The topological polar surface area (TPSA) is 96.0 Å². The predicted molar refractivity (Wildman–Crippen MR) is 153 cm³/mol. The molecule has 0 heterocycles. The number of amides is 2. The van der Waals surface area contributed by atoms with Gasteiger partial charge in [0.25, 0.3) is 0 Å². The summed E-state index contributed by atoms with van der Waals surface area (Å²) in [4.78, 5) is 28.2. The first kappa shape index (κ1) is 31.7. The van der Waals surface area contributed by atoms with Gasteiger partial charge in [-0.2, -0.15) is 0 Å². The molecule has 2 aromatic carbocycles. The molecule has 38 heavy (non-hydrogen) atoms. The number of methoxy groups -OCH3 is 1. The van der Waals surface area contributed by atoms with Crippen LogP contribution >= 0.6 is 23.2 Å². The fraction of sp³-hybridized carbons (Fsp3) is 0.481. The lowest BCUT2D eigenvalue weighted by atomic mass is 10.1. The highest BCUT2D eigenvalue weighted by molar-refractivity contribution is 7.92. The molecule has 0 aromatic heterocycles. The fourth-order valence-electron chi connectivity index (χ4n) is 4.03. The van der Waals surface area contributed by atoms with Crippen LogP contribution in [-0.2, 0) is 26.2 Å². The molecule has 0 aliphatic heterocycles. The zero-order chi connectivity index (χ0) is 28.5. The number of anilines is 1. The Bertz CT molecular complexity index is 1190. The first-order chi connectivity index (χ1) is 17.9. The number of nitrogens with zero attached hydrogens (tertiary/aromatic N) is 2. The minimum Gasteiger partial charge on any atom is -0.495 e. The summed E-state index contributed by atoms with van der Waals surface area (Å²) in [5.74, 6) is -0.155. The van der Waals surface area contributed by atoms with Gasteiger partial charge in [0, 0.05) is 41.2 Å². The molecule has 11 heteroatoms. The maximum Gasteiger partial charge on any atom is 0.243 e. The number of halogens is 2. The maximum absolute atomic E-state index is 13.6. The van der Waals surface area contributed by atoms with E-state index >= 15 is 0 Å². The van der Waals surface area contributed by atoms with Gasteiger partial charge >= 0.3 is 0 Å². The van der Waals surface area contributed by atoms with Gasteiger partial charge < -0.3 is 15.0 Å². The fourth-order valence-corrected chi connectivity index (χ4v) is 5.52. The van der Waals surface area contributed by atoms with Crippen molar-refractivity contribution < 1.29 is 22.7 Å². The number of carbonyl (C=O) groups excluding carboxylic acids is 2. The van der Waals surface area contributed by atoms with E-state index in [9.17, 15) is 18.0 Å². The molecule has 0 saturated heterocycles. The summed E-state index contributed by atoms with van der Waals surface area (Å²) in [6.45, 7) is 5.81. The Morgan fingerprint density at radius 2 is 1.66 bits per heavy atom. The van der Waals surface area contributed by atoms with Gasteiger partial charge in [0.2, 0.25) is 21.8 Å². The van der Waals surface area contributed by atoms with Crippen molar-refractivity contribution in [3.63, 3.8) is 0 Å². The van der Waals surface area contributed by atoms with E-state index in [1.165, 1.54) is 16.3 Å². The highest BCUT2D eigenvalue weighted by Crippen LogP contribution is 2.30. The lowest BCUT2D eigenvalue weighted by molar-refractivity contribution is -0.141. The van der Waals surface area contributed by atoms with Crippen molar-refractivity contribution in [1.82, 2.24) is 10.2 Å².